The van der Waals surface area contributed by atoms with Gasteiger partial charge in [0.2, 0.25) is 0 Å². The zero-order valence-corrected chi connectivity index (χ0v) is 11.0. The van der Waals surface area contributed by atoms with Crippen molar-refractivity contribution in [3.8, 4) is 0 Å². The highest BCUT2D eigenvalue weighted by Crippen LogP contribution is 2.31. The van der Waals surface area contributed by atoms with Gasteiger partial charge >= 0.3 is 5.97 Å². The highest BCUT2D eigenvalue weighted by Gasteiger charge is 2.17. The minimum Gasteiger partial charge on any atom is -0.468 e. The third kappa shape index (κ3) is 4.17. The molecule has 0 spiro atoms. The SMILES string of the molecule is COC(=O)C(N)Cc1cc(Cl)sc1Cl.Cl. The maximum atomic E-state index is 11.0. The molecule has 0 radical (unpaired) electrons. The molecule has 0 fully saturated rings. The Balaban J connectivity index is 0.00000196. The lowest BCUT2D eigenvalue weighted by Crippen LogP contribution is -2.33. The largest absolute Gasteiger partial charge is 0.468 e. The number of ether oxygens (including phenoxy) is 1. The lowest BCUT2D eigenvalue weighted by atomic mass is 10.1. The first-order valence-electron chi connectivity index (χ1n) is 3.81. The van der Waals surface area contributed by atoms with Gasteiger partial charge in [-0.3, -0.25) is 4.79 Å². The second-order valence-corrected chi connectivity index (χ2v) is 4.97. The molecule has 1 aromatic rings. The van der Waals surface area contributed by atoms with E-state index in [1.807, 2.05) is 0 Å². The van der Waals surface area contributed by atoms with Crippen molar-refractivity contribution in [1.29, 1.82) is 0 Å². The summed E-state index contributed by atoms with van der Waals surface area (Å²) >= 11 is 12.9. The van der Waals surface area contributed by atoms with Crippen LogP contribution in [0, 0.1) is 0 Å². The van der Waals surface area contributed by atoms with Gasteiger partial charge in [-0.2, -0.15) is 0 Å². The number of methoxy groups -OCH3 is 1. The predicted molar refractivity (Wildman–Crippen MR) is 65.3 cm³/mol. The van der Waals surface area contributed by atoms with Crippen molar-refractivity contribution in [1.82, 2.24) is 0 Å². The lowest BCUT2D eigenvalue weighted by molar-refractivity contribution is -0.142. The molecule has 86 valence electrons. The summed E-state index contributed by atoms with van der Waals surface area (Å²) in [5.41, 5.74) is 6.34. The molecular formula is C8H10Cl3NO2S. The number of esters is 1. The Labute approximate surface area is 108 Å². The van der Waals surface area contributed by atoms with Gasteiger partial charge in [0.15, 0.2) is 0 Å². The van der Waals surface area contributed by atoms with Gasteiger partial charge in [-0.25, -0.2) is 0 Å². The summed E-state index contributed by atoms with van der Waals surface area (Å²) in [6, 6.07) is 1.01. The Bertz CT molecular complexity index is 343. The normalized spacial score (nSPS) is 11.7. The molecule has 1 aromatic heterocycles. The number of hydrogen-bond donors (Lipinski definition) is 1. The van der Waals surface area contributed by atoms with E-state index >= 15 is 0 Å². The van der Waals surface area contributed by atoms with Gasteiger partial charge in [0, 0.05) is 6.42 Å². The van der Waals surface area contributed by atoms with Gasteiger partial charge in [0.05, 0.1) is 15.8 Å². The van der Waals surface area contributed by atoms with E-state index in [0.29, 0.717) is 15.1 Å². The van der Waals surface area contributed by atoms with E-state index in [1.165, 1.54) is 18.4 Å². The number of rotatable bonds is 3. The smallest absolute Gasteiger partial charge is 0.322 e. The highest BCUT2D eigenvalue weighted by atomic mass is 35.5. The van der Waals surface area contributed by atoms with Crippen LogP contribution in [0.1, 0.15) is 5.56 Å². The highest BCUT2D eigenvalue weighted by molar-refractivity contribution is 7.20. The maximum Gasteiger partial charge on any atom is 0.322 e. The van der Waals surface area contributed by atoms with E-state index in [0.717, 1.165) is 5.56 Å². The molecule has 1 heterocycles. The van der Waals surface area contributed by atoms with Crippen LogP contribution in [0.4, 0.5) is 0 Å². The Morgan fingerprint density at radius 2 is 2.27 bits per heavy atom. The standard InChI is InChI=1S/C8H9Cl2NO2S.ClH/c1-13-8(12)5(11)2-4-3-6(9)14-7(4)10;/h3,5H,2,11H2,1H3;1H. The molecule has 3 nitrogen and oxygen atoms in total. The van der Waals surface area contributed by atoms with E-state index in [2.05, 4.69) is 4.74 Å². The molecule has 7 heteroatoms. The van der Waals surface area contributed by atoms with Crippen LogP contribution >= 0.6 is 46.9 Å². The molecule has 0 saturated heterocycles. The monoisotopic (exact) mass is 289 g/mol. The molecule has 2 N–H and O–H groups in total. The van der Waals surface area contributed by atoms with E-state index < -0.39 is 12.0 Å². The molecule has 0 aliphatic carbocycles. The minimum absolute atomic E-state index is 0. The van der Waals surface area contributed by atoms with Crippen LogP contribution in [0.25, 0.3) is 0 Å². The number of thiophene rings is 1. The molecule has 0 bridgehead atoms. The van der Waals surface area contributed by atoms with Crippen molar-refractivity contribution in [2.24, 2.45) is 5.73 Å². The van der Waals surface area contributed by atoms with E-state index in [9.17, 15) is 4.79 Å². The van der Waals surface area contributed by atoms with Gasteiger partial charge in [-0.15, -0.1) is 23.7 Å². The van der Waals surface area contributed by atoms with Gasteiger partial charge in [0.25, 0.3) is 0 Å². The molecule has 0 saturated carbocycles. The number of hydrogen-bond acceptors (Lipinski definition) is 4. The molecule has 1 rings (SSSR count). The second-order valence-electron chi connectivity index (χ2n) is 2.68. The number of carbonyl (C=O) groups excluding carboxylic acids is 1. The van der Waals surface area contributed by atoms with Crippen LogP contribution in [0.2, 0.25) is 8.67 Å². The average molecular weight is 291 g/mol. The fourth-order valence-electron chi connectivity index (χ4n) is 0.985. The van der Waals surface area contributed by atoms with Crippen molar-refractivity contribution >= 4 is 52.9 Å². The van der Waals surface area contributed by atoms with Crippen molar-refractivity contribution in [3.05, 3.63) is 20.3 Å². The van der Waals surface area contributed by atoms with Crippen molar-refractivity contribution in [2.75, 3.05) is 7.11 Å². The van der Waals surface area contributed by atoms with Gasteiger partial charge in [0.1, 0.15) is 6.04 Å². The summed E-state index contributed by atoms with van der Waals surface area (Å²) < 4.78 is 5.64. The first-order valence-corrected chi connectivity index (χ1v) is 5.39. The molecule has 0 amide bonds. The molecule has 1 atom stereocenters. The molecular weight excluding hydrogens is 281 g/mol. The maximum absolute atomic E-state index is 11.0. The summed E-state index contributed by atoms with van der Waals surface area (Å²) in [6.45, 7) is 0. The number of nitrogens with two attached hydrogens (primary N) is 1. The first kappa shape index (κ1) is 15.0. The Morgan fingerprint density at radius 1 is 1.67 bits per heavy atom. The summed E-state index contributed by atoms with van der Waals surface area (Å²) in [6.07, 6.45) is 0.342. The van der Waals surface area contributed by atoms with E-state index in [1.54, 1.807) is 6.07 Å². The Morgan fingerprint density at radius 3 is 2.67 bits per heavy atom. The van der Waals surface area contributed by atoms with E-state index in [-0.39, 0.29) is 12.4 Å². The van der Waals surface area contributed by atoms with Gasteiger partial charge in [-0.1, -0.05) is 23.2 Å². The Kier molecular flexibility index (Phi) is 6.55. The van der Waals surface area contributed by atoms with Crippen LogP contribution in [-0.4, -0.2) is 19.1 Å². The molecule has 1 unspecified atom stereocenters. The van der Waals surface area contributed by atoms with Crippen LogP contribution in [-0.2, 0) is 16.0 Å². The van der Waals surface area contributed by atoms with Gasteiger partial charge in [-0.05, 0) is 11.6 Å². The lowest BCUT2D eigenvalue weighted by Gasteiger charge is -2.07. The third-order valence-corrected chi connectivity index (χ3v) is 3.24. The number of carbonyl (C=O) groups is 1. The van der Waals surface area contributed by atoms with Crippen LogP contribution < -0.4 is 5.73 Å². The summed E-state index contributed by atoms with van der Waals surface area (Å²) in [4.78, 5) is 11.0. The van der Waals surface area contributed by atoms with Crippen LogP contribution in [0.15, 0.2) is 6.07 Å². The first-order chi connectivity index (χ1) is 6.54. The molecule has 0 aromatic carbocycles. The fraction of sp³-hybridized carbons (Fsp3) is 0.375. The summed E-state index contributed by atoms with van der Waals surface area (Å²) in [5.74, 6) is -0.455. The average Bonchev–Trinajstić information content (AvgIpc) is 2.44. The summed E-state index contributed by atoms with van der Waals surface area (Å²) in [5, 5.41) is 0. The molecule has 0 aliphatic rings. The quantitative estimate of drug-likeness (QED) is 0.870. The van der Waals surface area contributed by atoms with E-state index in [4.69, 9.17) is 28.9 Å². The molecule has 0 aliphatic heterocycles. The zero-order valence-electron chi connectivity index (χ0n) is 7.83. The van der Waals surface area contributed by atoms with Gasteiger partial charge < -0.3 is 10.5 Å². The minimum atomic E-state index is -0.692. The van der Waals surface area contributed by atoms with Crippen molar-refractivity contribution in [2.45, 2.75) is 12.5 Å². The topological polar surface area (TPSA) is 52.3 Å². The van der Waals surface area contributed by atoms with Crippen molar-refractivity contribution in [3.63, 3.8) is 0 Å². The Hall–Kier alpha value is -0.000000000000000222. The zero-order chi connectivity index (χ0) is 10.7. The van der Waals surface area contributed by atoms with Crippen LogP contribution in [0.5, 0.6) is 0 Å². The fourth-order valence-corrected chi connectivity index (χ4v) is 2.49. The van der Waals surface area contributed by atoms with Crippen LogP contribution in [0.3, 0.4) is 0 Å². The summed E-state index contributed by atoms with van der Waals surface area (Å²) in [7, 11) is 1.30. The third-order valence-electron chi connectivity index (χ3n) is 1.67. The number of halogens is 3. The van der Waals surface area contributed by atoms with Crippen molar-refractivity contribution < 1.29 is 9.53 Å². The predicted octanol–water partition coefficient (Wildman–Crippen LogP) is 2.52. The second kappa shape index (κ2) is 6.55. The molecule has 15 heavy (non-hydrogen) atoms.